The Morgan fingerprint density at radius 3 is 2.79 bits per heavy atom. The van der Waals surface area contributed by atoms with Crippen LogP contribution in [0.5, 0.6) is 0 Å². The zero-order valence-corrected chi connectivity index (χ0v) is 8.15. The van der Waals surface area contributed by atoms with Crippen molar-refractivity contribution in [2.45, 2.75) is 19.8 Å². The van der Waals surface area contributed by atoms with Crippen molar-refractivity contribution in [2.24, 2.45) is 5.92 Å². The standard InChI is InChI=1S/C9H14O5/c1-7(10)13-6-14-9(11)4-8-2-3-12-5-8/h8H,2-6H2,1H3. The molecule has 0 aromatic heterocycles. The number of rotatable bonds is 4. The smallest absolute Gasteiger partial charge is 0.309 e. The number of carbonyl (C=O) groups excluding carboxylic acids is 2. The fraction of sp³-hybridized carbons (Fsp3) is 0.778. The van der Waals surface area contributed by atoms with Gasteiger partial charge >= 0.3 is 11.9 Å². The van der Waals surface area contributed by atoms with Gasteiger partial charge in [-0.05, 0) is 12.3 Å². The summed E-state index contributed by atoms with van der Waals surface area (Å²) in [6.45, 7) is 2.30. The van der Waals surface area contributed by atoms with Crippen LogP contribution in [0.2, 0.25) is 0 Å². The highest BCUT2D eigenvalue weighted by Crippen LogP contribution is 2.16. The van der Waals surface area contributed by atoms with Crippen LogP contribution in [0, 0.1) is 5.92 Å². The molecule has 1 fully saturated rings. The molecule has 1 aliphatic rings. The molecule has 0 aromatic rings. The van der Waals surface area contributed by atoms with E-state index in [-0.39, 0.29) is 18.7 Å². The van der Waals surface area contributed by atoms with Gasteiger partial charge in [-0.2, -0.15) is 0 Å². The average Bonchev–Trinajstić information content (AvgIpc) is 2.56. The van der Waals surface area contributed by atoms with Gasteiger partial charge in [-0.3, -0.25) is 9.59 Å². The van der Waals surface area contributed by atoms with Crippen LogP contribution in [0.15, 0.2) is 0 Å². The van der Waals surface area contributed by atoms with E-state index in [4.69, 9.17) is 4.74 Å². The SMILES string of the molecule is CC(=O)OCOC(=O)CC1CCOC1. The Balaban J connectivity index is 2.06. The molecule has 14 heavy (non-hydrogen) atoms. The van der Waals surface area contributed by atoms with E-state index in [0.717, 1.165) is 6.42 Å². The lowest BCUT2D eigenvalue weighted by atomic mass is 10.1. The summed E-state index contributed by atoms with van der Waals surface area (Å²) < 4.78 is 14.2. The summed E-state index contributed by atoms with van der Waals surface area (Å²) in [6.07, 6.45) is 1.23. The molecule has 1 unspecified atom stereocenters. The second kappa shape index (κ2) is 5.59. The number of carbonyl (C=O) groups is 2. The molecule has 1 saturated heterocycles. The van der Waals surface area contributed by atoms with Crippen LogP contribution in [-0.2, 0) is 23.8 Å². The second-order valence-corrected chi connectivity index (χ2v) is 3.20. The monoisotopic (exact) mass is 202 g/mol. The normalized spacial score (nSPS) is 20.5. The summed E-state index contributed by atoms with van der Waals surface area (Å²) in [5, 5.41) is 0. The molecule has 1 atom stereocenters. The molecule has 0 saturated carbocycles. The van der Waals surface area contributed by atoms with E-state index >= 15 is 0 Å². The molecule has 5 heteroatoms. The van der Waals surface area contributed by atoms with Gasteiger partial charge in [-0.1, -0.05) is 0 Å². The molecular formula is C9H14O5. The third-order valence-corrected chi connectivity index (χ3v) is 1.96. The van der Waals surface area contributed by atoms with Crippen molar-refractivity contribution in [3.05, 3.63) is 0 Å². The summed E-state index contributed by atoms with van der Waals surface area (Å²) in [6, 6.07) is 0. The Bertz CT molecular complexity index is 207. The quantitative estimate of drug-likeness (QED) is 0.490. The van der Waals surface area contributed by atoms with Gasteiger partial charge in [0.1, 0.15) is 0 Å². The van der Waals surface area contributed by atoms with E-state index in [0.29, 0.717) is 19.6 Å². The van der Waals surface area contributed by atoms with Gasteiger partial charge in [-0.25, -0.2) is 0 Å². The topological polar surface area (TPSA) is 61.8 Å². The predicted molar refractivity (Wildman–Crippen MR) is 46.3 cm³/mol. The second-order valence-electron chi connectivity index (χ2n) is 3.20. The van der Waals surface area contributed by atoms with E-state index in [1.807, 2.05) is 0 Å². The van der Waals surface area contributed by atoms with Crippen molar-refractivity contribution in [1.82, 2.24) is 0 Å². The highest BCUT2D eigenvalue weighted by Gasteiger charge is 2.19. The summed E-state index contributed by atoms with van der Waals surface area (Å²) in [5.41, 5.74) is 0. The minimum absolute atomic E-state index is 0.250. The van der Waals surface area contributed by atoms with E-state index in [2.05, 4.69) is 9.47 Å². The third-order valence-electron chi connectivity index (χ3n) is 1.96. The van der Waals surface area contributed by atoms with Gasteiger partial charge in [0.2, 0.25) is 6.79 Å². The highest BCUT2D eigenvalue weighted by molar-refractivity contribution is 5.70. The van der Waals surface area contributed by atoms with Gasteiger partial charge in [0.05, 0.1) is 13.0 Å². The van der Waals surface area contributed by atoms with E-state index in [9.17, 15) is 9.59 Å². The fourth-order valence-electron chi connectivity index (χ4n) is 1.22. The van der Waals surface area contributed by atoms with Crippen LogP contribution in [-0.4, -0.2) is 31.9 Å². The van der Waals surface area contributed by atoms with Crippen molar-refractivity contribution in [3.63, 3.8) is 0 Å². The third kappa shape index (κ3) is 4.23. The first-order valence-corrected chi connectivity index (χ1v) is 4.55. The zero-order valence-electron chi connectivity index (χ0n) is 8.15. The summed E-state index contributed by atoms with van der Waals surface area (Å²) in [5.74, 6) is -0.552. The van der Waals surface area contributed by atoms with E-state index < -0.39 is 5.97 Å². The van der Waals surface area contributed by atoms with Gasteiger partial charge in [0, 0.05) is 13.5 Å². The molecule has 0 N–H and O–H groups in total. The fourth-order valence-corrected chi connectivity index (χ4v) is 1.22. The molecule has 1 heterocycles. The maximum absolute atomic E-state index is 11.1. The Hall–Kier alpha value is -1.10. The number of esters is 2. The molecule has 0 radical (unpaired) electrons. The van der Waals surface area contributed by atoms with Crippen molar-refractivity contribution >= 4 is 11.9 Å². The molecule has 1 rings (SSSR count). The number of hydrogen-bond acceptors (Lipinski definition) is 5. The minimum atomic E-state index is -0.456. The Kier molecular flexibility index (Phi) is 4.39. The lowest BCUT2D eigenvalue weighted by Crippen LogP contribution is -2.14. The van der Waals surface area contributed by atoms with Crippen molar-refractivity contribution in [1.29, 1.82) is 0 Å². The lowest BCUT2D eigenvalue weighted by Gasteiger charge is -2.07. The molecule has 80 valence electrons. The van der Waals surface area contributed by atoms with Crippen LogP contribution in [0.1, 0.15) is 19.8 Å². The summed E-state index contributed by atoms with van der Waals surface area (Å²) in [4.78, 5) is 21.4. The molecule has 0 aliphatic carbocycles. The van der Waals surface area contributed by atoms with E-state index in [1.165, 1.54) is 6.92 Å². The van der Waals surface area contributed by atoms with Crippen LogP contribution < -0.4 is 0 Å². The van der Waals surface area contributed by atoms with Gasteiger partial charge in [0.15, 0.2) is 0 Å². The van der Waals surface area contributed by atoms with Gasteiger partial charge < -0.3 is 14.2 Å². The molecule has 5 nitrogen and oxygen atoms in total. The maximum Gasteiger partial charge on any atom is 0.309 e. The molecule has 0 amide bonds. The Morgan fingerprint density at radius 2 is 2.21 bits per heavy atom. The van der Waals surface area contributed by atoms with Gasteiger partial charge in [0.25, 0.3) is 0 Å². The predicted octanol–water partition coefficient (Wildman–Crippen LogP) is 0.477. The van der Waals surface area contributed by atoms with Crippen LogP contribution >= 0.6 is 0 Å². The number of hydrogen-bond donors (Lipinski definition) is 0. The van der Waals surface area contributed by atoms with Gasteiger partial charge in [-0.15, -0.1) is 0 Å². The van der Waals surface area contributed by atoms with Crippen LogP contribution in [0.3, 0.4) is 0 Å². The zero-order chi connectivity index (χ0) is 10.4. The first-order chi connectivity index (χ1) is 6.68. The molecule has 0 spiro atoms. The Labute approximate surface area is 82.3 Å². The molecule has 0 aromatic carbocycles. The highest BCUT2D eigenvalue weighted by atomic mass is 16.7. The van der Waals surface area contributed by atoms with Crippen LogP contribution in [0.25, 0.3) is 0 Å². The van der Waals surface area contributed by atoms with Crippen molar-refractivity contribution < 1.29 is 23.8 Å². The van der Waals surface area contributed by atoms with E-state index in [1.54, 1.807) is 0 Å². The largest absolute Gasteiger partial charge is 0.428 e. The minimum Gasteiger partial charge on any atom is -0.428 e. The summed E-state index contributed by atoms with van der Waals surface area (Å²) >= 11 is 0. The molecule has 1 aliphatic heterocycles. The molecular weight excluding hydrogens is 188 g/mol. The first-order valence-electron chi connectivity index (χ1n) is 4.55. The van der Waals surface area contributed by atoms with Crippen molar-refractivity contribution in [2.75, 3.05) is 20.0 Å². The van der Waals surface area contributed by atoms with Crippen LogP contribution in [0.4, 0.5) is 0 Å². The molecule has 0 bridgehead atoms. The maximum atomic E-state index is 11.1. The first kappa shape index (κ1) is 11.0. The average molecular weight is 202 g/mol. The van der Waals surface area contributed by atoms with Crippen molar-refractivity contribution in [3.8, 4) is 0 Å². The number of ether oxygens (including phenoxy) is 3. The lowest BCUT2D eigenvalue weighted by molar-refractivity contribution is -0.166. The Morgan fingerprint density at radius 1 is 1.43 bits per heavy atom. The summed E-state index contributed by atoms with van der Waals surface area (Å²) in [7, 11) is 0.